The number of aliphatic hydroxyl groups is 1. The molecule has 1 atom stereocenters. The van der Waals surface area contributed by atoms with Gasteiger partial charge in [0.05, 0.1) is 0 Å². The molecule has 0 amide bonds. The highest BCUT2D eigenvalue weighted by molar-refractivity contribution is 7.80. The van der Waals surface area contributed by atoms with Crippen LogP contribution in [0.15, 0.2) is 48.5 Å². The zero-order chi connectivity index (χ0) is 17.3. The Morgan fingerprint density at radius 2 is 1.92 bits per heavy atom. The summed E-state index contributed by atoms with van der Waals surface area (Å²) in [4.78, 5) is 3.87. The molecular weight excluding hydrogens is 342 g/mol. The standard InChI is InChI=1S/C18H20ClN3OS/c1-21(2)10-11-22-17(24)20-16-9-8-14(19)12-15(16)18(22,23)13-6-4-3-5-7-13/h3-9,12,23H,10-11H2,1-2H3,(H,20,24). The monoisotopic (exact) mass is 361 g/mol. The van der Waals surface area contributed by atoms with Crippen LogP contribution < -0.4 is 5.32 Å². The maximum Gasteiger partial charge on any atom is 0.195 e. The van der Waals surface area contributed by atoms with E-state index in [0.717, 1.165) is 17.8 Å². The summed E-state index contributed by atoms with van der Waals surface area (Å²) >= 11 is 11.7. The SMILES string of the molecule is CN(C)CCN1C(=S)Nc2ccc(Cl)cc2C1(O)c1ccccc1. The Morgan fingerprint density at radius 3 is 2.58 bits per heavy atom. The number of likely N-dealkylation sites (N-methyl/N-ethyl adjacent to an activating group) is 1. The molecule has 2 aromatic carbocycles. The molecule has 0 radical (unpaired) electrons. The van der Waals surface area contributed by atoms with E-state index in [1.165, 1.54) is 0 Å². The van der Waals surface area contributed by atoms with Crippen LogP contribution >= 0.6 is 23.8 Å². The molecule has 1 heterocycles. The van der Waals surface area contributed by atoms with Gasteiger partial charge in [0.2, 0.25) is 0 Å². The van der Waals surface area contributed by atoms with Gasteiger partial charge < -0.3 is 20.2 Å². The number of hydrogen-bond acceptors (Lipinski definition) is 3. The molecule has 0 saturated carbocycles. The van der Waals surface area contributed by atoms with Crippen LogP contribution in [0.4, 0.5) is 5.69 Å². The molecule has 1 aliphatic rings. The zero-order valence-corrected chi connectivity index (χ0v) is 15.2. The topological polar surface area (TPSA) is 38.7 Å². The highest BCUT2D eigenvalue weighted by atomic mass is 35.5. The van der Waals surface area contributed by atoms with E-state index in [-0.39, 0.29) is 0 Å². The Labute approximate surface area is 152 Å². The Kier molecular flexibility index (Phi) is 4.78. The minimum Gasteiger partial charge on any atom is -0.363 e. The van der Waals surface area contributed by atoms with E-state index in [9.17, 15) is 5.11 Å². The van der Waals surface area contributed by atoms with Gasteiger partial charge >= 0.3 is 0 Å². The van der Waals surface area contributed by atoms with E-state index in [4.69, 9.17) is 23.8 Å². The van der Waals surface area contributed by atoms with Crippen LogP contribution in [0.25, 0.3) is 0 Å². The van der Waals surface area contributed by atoms with Crippen LogP contribution in [0.2, 0.25) is 5.02 Å². The summed E-state index contributed by atoms with van der Waals surface area (Å²) < 4.78 is 0. The van der Waals surface area contributed by atoms with Crippen LogP contribution in [0.5, 0.6) is 0 Å². The van der Waals surface area contributed by atoms with Gasteiger partial charge in [0, 0.05) is 34.9 Å². The highest BCUT2D eigenvalue weighted by Crippen LogP contribution is 2.42. The van der Waals surface area contributed by atoms with Crippen LogP contribution in [0.3, 0.4) is 0 Å². The van der Waals surface area contributed by atoms with Gasteiger partial charge in [-0.1, -0.05) is 41.9 Å². The molecule has 4 nitrogen and oxygen atoms in total. The van der Waals surface area contributed by atoms with Crippen molar-refractivity contribution in [3.8, 4) is 0 Å². The number of nitrogens with zero attached hydrogens (tertiary/aromatic N) is 2. The Morgan fingerprint density at radius 1 is 1.21 bits per heavy atom. The second-order valence-electron chi connectivity index (χ2n) is 6.11. The largest absolute Gasteiger partial charge is 0.363 e. The van der Waals surface area contributed by atoms with Crippen molar-refractivity contribution >= 4 is 34.6 Å². The number of anilines is 1. The Balaban J connectivity index is 2.17. The Hall–Kier alpha value is -1.66. The highest BCUT2D eigenvalue weighted by Gasteiger charge is 2.44. The summed E-state index contributed by atoms with van der Waals surface area (Å²) in [6.45, 7) is 1.34. The number of fused-ring (bicyclic) bond motifs is 1. The fraction of sp³-hybridized carbons (Fsp3) is 0.278. The van der Waals surface area contributed by atoms with Crippen LogP contribution in [0, 0.1) is 0 Å². The lowest BCUT2D eigenvalue weighted by Crippen LogP contribution is -2.56. The first-order valence-electron chi connectivity index (χ1n) is 7.74. The molecule has 0 spiro atoms. The Bertz CT molecular complexity index is 753. The molecule has 2 aromatic rings. The third-order valence-electron chi connectivity index (χ3n) is 4.18. The maximum absolute atomic E-state index is 11.8. The quantitative estimate of drug-likeness (QED) is 0.819. The lowest BCUT2D eigenvalue weighted by atomic mass is 9.90. The van der Waals surface area contributed by atoms with Crippen LogP contribution in [-0.4, -0.2) is 47.2 Å². The van der Waals surface area contributed by atoms with E-state index in [0.29, 0.717) is 22.2 Å². The van der Waals surface area contributed by atoms with Gasteiger partial charge in [-0.2, -0.15) is 0 Å². The molecule has 24 heavy (non-hydrogen) atoms. The van der Waals surface area contributed by atoms with E-state index in [2.05, 4.69) is 10.2 Å². The smallest absolute Gasteiger partial charge is 0.195 e. The van der Waals surface area contributed by atoms with Gasteiger partial charge in [0.25, 0.3) is 0 Å². The second-order valence-corrected chi connectivity index (χ2v) is 6.94. The average Bonchev–Trinajstić information content (AvgIpc) is 2.56. The number of halogens is 1. The van der Waals surface area contributed by atoms with Crippen molar-refractivity contribution < 1.29 is 5.11 Å². The first-order valence-corrected chi connectivity index (χ1v) is 8.53. The lowest BCUT2D eigenvalue weighted by Gasteiger charge is -2.46. The third-order valence-corrected chi connectivity index (χ3v) is 4.74. The van der Waals surface area contributed by atoms with Crippen molar-refractivity contribution in [3.05, 3.63) is 64.7 Å². The minimum absolute atomic E-state index is 0.498. The summed E-state index contributed by atoms with van der Waals surface area (Å²) in [5.41, 5.74) is 0.876. The van der Waals surface area contributed by atoms with Crippen molar-refractivity contribution in [1.82, 2.24) is 9.80 Å². The molecule has 0 aromatic heterocycles. The van der Waals surface area contributed by atoms with Crippen molar-refractivity contribution in [2.24, 2.45) is 0 Å². The van der Waals surface area contributed by atoms with E-state index >= 15 is 0 Å². The number of thiocarbonyl (C=S) groups is 1. The van der Waals surface area contributed by atoms with Crippen molar-refractivity contribution in [1.29, 1.82) is 0 Å². The summed E-state index contributed by atoms with van der Waals surface area (Å²) in [6, 6.07) is 15.0. The molecule has 1 aliphatic heterocycles. The average molecular weight is 362 g/mol. The number of hydrogen-bond donors (Lipinski definition) is 2. The van der Waals surface area contributed by atoms with Gasteiger partial charge in [-0.15, -0.1) is 0 Å². The number of rotatable bonds is 4. The molecule has 0 saturated heterocycles. The van der Waals surface area contributed by atoms with E-state index < -0.39 is 5.72 Å². The normalized spacial score (nSPS) is 20.0. The summed E-state index contributed by atoms with van der Waals surface area (Å²) in [5, 5.41) is 16.1. The summed E-state index contributed by atoms with van der Waals surface area (Å²) in [7, 11) is 3.99. The van der Waals surface area contributed by atoms with Gasteiger partial charge in [0.15, 0.2) is 10.8 Å². The first-order chi connectivity index (χ1) is 11.4. The predicted octanol–water partition coefficient (Wildman–Crippen LogP) is 3.11. The van der Waals surface area contributed by atoms with Crippen LogP contribution in [-0.2, 0) is 5.72 Å². The minimum atomic E-state index is -1.36. The molecule has 0 aliphatic carbocycles. The predicted molar refractivity (Wildman–Crippen MR) is 102 cm³/mol. The summed E-state index contributed by atoms with van der Waals surface area (Å²) in [6.07, 6.45) is 0. The zero-order valence-electron chi connectivity index (χ0n) is 13.7. The number of benzene rings is 2. The van der Waals surface area contributed by atoms with Gasteiger partial charge in [-0.25, -0.2) is 0 Å². The number of nitrogens with one attached hydrogen (secondary N) is 1. The maximum atomic E-state index is 11.8. The molecule has 126 valence electrons. The van der Waals surface area contributed by atoms with Gasteiger partial charge in [0.1, 0.15) is 0 Å². The molecule has 1 unspecified atom stereocenters. The van der Waals surface area contributed by atoms with E-state index in [1.54, 1.807) is 12.1 Å². The van der Waals surface area contributed by atoms with Gasteiger partial charge in [-0.05, 0) is 44.5 Å². The molecule has 2 N–H and O–H groups in total. The van der Waals surface area contributed by atoms with Crippen molar-refractivity contribution in [2.45, 2.75) is 5.72 Å². The fourth-order valence-electron chi connectivity index (χ4n) is 2.93. The molecule has 6 heteroatoms. The van der Waals surface area contributed by atoms with E-state index in [1.807, 2.05) is 55.4 Å². The van der Waals surface area contributed by atoms with Crippen molar-refractivity contribution in [2.75, 3.05) is 32.5 Å². The third kappa shape index (κ3) is 3.00. The summed E-state index contributed by atoms with van der Waals surface area (Å²) in [5.74, 6) is 0. The molecule has 0 bridgehead atoms. The molecule has 3 rings (SSSR count). The lowest BCUT2D eigenvalue weighted by molar-refractivity contribution is -0.0402. The van der Waals surface area contributed by atoms with Crippen molar-refractivity contribution in [3.63, 3.8) is 0 Å². The van der Waals surface area contributed by atoms with Crippen LogP contribution in [0.1, 0.15) is 11.1 Å². The molecule has 0 fully saturated rings. The first kappa shape index (κ1) is 17.2. The second kappa shape index (κ2) is 6.69. The van der Waals surface area contributed by atoms with Gasteiger partial charge in [-0.3, -0.25) is 0 Å². The fourth-order valence-corrected chi connectivity index (χ4v) is 3.44. The molecular formula is C18H20ClN3OS.